The molecular formula is C20H22ClNO3. The summed E-state index contributed by atoms with van der Waals surface area (Å²) in [4.78, 5) is 14.5. The van der Waals surface area contributed by atoms with E-state index in [1.54, 1.807) is 31.2 Å². The first kappa shape index (κ1) is 17.8. The molecule has 0 aliphatic carbocycles. The fourth-order valence-electron chi connectivity index (χ4n) is 2.97. The molecule has 1 heterocycles. The Balaban J connectivity index is 1.57. The summed E-state index contributed by atoms with van der Waals surface area (Å²) in [6.07, 6.45) is 0.251. The van der Waals surface area contributed by atoms with Crippen LogP contribution in [-0.4, -0.2) is 42.7 Å². The highest BCUT2D eigenvalue weighted by Gasteiger charge is 2.28. The van der Waals surface area contributed by atoms with Crippen molar-refractivity contribution in [2.45, 2.75) is 25.6 Å². The number of carbonyl (C=O) groups is 1. The Hall–Kier alpha value is -2.04. The van der Waals surface area contributed by atoms with Gasteiger partial charge in [-0.15, -0.1) is 0 Å². The molecule has 1 fully saturated rings. The molecule has 2 aromatic carbocycles. The van der Waals surface area contributed by atoms with Gasteiger partial charge in [-0.3, -0.25) is 4.79 Å². The number of rotatable bonds is 5. The second kappa shape index (κ2) is 8.37. The molecule has 0 spiro atoms. The van der Waals surface area contributed by atoms with Gasteiger partial charge >= 0.3 is 0 Å². The zero-order chi connectivity index (χ0) is 17.6. The Bertz CT molecular complexity index is 707. The number of morpholine rings is 1. The Labute approximate surface area is 153 Å². The van der Waals surface area contributed by atoms with E-state index in [9.17, 15) is 4.79 Å². The smallest absolute Gasteiger partial charge is 0.263 e. The van der Waals surface area contributed by atoms with Crippen LogP contribution < -0.4 is 4.74 Å². The van der Waals surface area contributed by atoms with E-state index in [0.717, 1.165) is 6.42 Å². The van der Waals surface area contributed by atoms with Crippen LogP contribution >= 0.6 is 11.6 Å². The number of nitrogens with zero attached hydrogens (tertiary/aromatic N) is 1. The predicted octanol–water partition coefficient (Wildman–Crippen LogP) is 3.58. The van der Waals surface area contributed by atoms with Crippen molar-refractivity contribution in [2.75, 3.05) is 19.7 Å². The third-order valence-corrected chi connectivity index (χ3v) is 4.45. The standard InChI is InChI=1S/C20H22ClNO3/c1-15(25-18-9-5-8-17(21)13-18)20(23)22-10-11-24-19(14-22)12-16-6-3-2-4-7-16/h2-9,13,15,19H,10-12,14H2,1H3. The Morgan fingerprint density at radius 2 is 2.08 bits per heavy atom. The summed E-state index contributed by atoms with van der Waals surface area (Å²) in [6.45, 7) is 3.49. The summed E-state index contributed by atoms with van der Waals surface area (Å²) in [6, 6.07) is 17.3. The Morgan fingerprint density at radius 3 is 2.84 bits per heavy atom. The van der Waals surface area contributed by atoms with Gasteiger partial charge in [0.25, 0.3) is 5.91 Å². The van der Waals surface area contributed by atoms with Gasteiger partial charge in [-0.2, -0.15) is 0 Å². The molecule has 2 aromatic rings. The largest absolute Gasteiger partial charge is 0.481 e. The van der Waals surface area contributed by atoms with E-state index >= 15 is 0 Å². The van der Waals surface area contributed by atoms with Crippen LogP contribution in [0.2, 0.25) is 5.02 Å². The van der Waals surface area contributed by atoms with Crippen LogP contribution in [0, 0.1) is 0 Å². The van der Waals surface area contributed by atoms with E-state index in [0.29, 0.717) is 30.5 Å². The number of benzene rings is 2. The minimum Gasteiger partial charge on any atom is -0.481 e. The molecule has 0 aromatic heterocycles. The van der Waals surface area contributed by atoms with Gasteiger partial charge in [-0.05, 0) is 30.7 Å². The van der Waals surface area contributed by atoms with Crippen molar-refractivity contribution < 1.29 is 14.3 Å². The molecule has 2 unspecified atom stereocenters. The SMILES string of the molecule is CC(Oc1cccc(Cl)c1)C(=O)N1CCOC(Cc2ccccc2)C1. The first-order valence-electron chi connectivity index (χ1n) is 8.48. The number of carbonyl (C=O) groups excluding carboxylic acids is 1. The molecule has 1 aliphatic heterocycles. The van der Waals surface area contributed by atoms with Gasteiger partial charge in [0.15, 0.2) is 6.10 Å². The molecule has 1 saturated heterocycles. The lowest BCUT2D eigenvalue weighted by Gasteiger charge is -2.34. The minimum atomic E-state index is -0.561. The second-order valence-electron chi connectivity index (χ2n) is 6.18. The molecule has 2 atom stereocenters. The van der Waals surface area contributed by atoms with Crippen LogP contribution in [0.5, 0.6) is 5.75 Å². The summed E-state index contributed by atoms with van der Waals surface area (Å²) in [5.41, 5.74) is 1.21. The maximum absolute atomic E-state index is 12.7. The molecule has 132 valence electrons. The van der Waals surface area contributed by atoms with Crippen LogP contribution in [-0.2, 0) is 16.0 Å². The summed E-state index contributed by atoms with van der Waals surface area (Å²) in [5, 5.41) is 0.589. The van der Waals surface area contributed by atoms with Gasteiger partial charge in [0.2, 0.25) is 0 Å². The molecule has 0 N–H and O–H groups in total. The quantitative estimate of drug-likeness (QED) is 0.819. The summed E-state index contributed by atoms with van der Waals surface area (Å²) in [7, 11) is 0. The molecule has 0 saturated carbocycles. The van der Waals surface area contributed by atoms with Crippen molar-refractivity contribution >= 4 is 17.5 Å². The Morgan fingerprint density at radius 1 is 1.28 bits per heavy atom. The molecule has 4 nitrogen and oxygen atoms in total. The van der Waals surface area contributed by atoms with Crippen LogP contribution in [0.1, 0.15) is 12.5 Å². The highest BCUT2D eigenvalue weighted by atomic mass is 35.5. The fraction of sp³-hybridized carbons (Fsp3) is 0.350. The van der Waals surface area contributed by atoms with E-state index < -0.39 is 6.10 Å². The van der Waals surface area contributed by atoms with Crippen molar-refractivity contribution in [3.63, 3.8) is 0 Å². The second-order valence-corrected chi connectivity index (χ2v) is 6.62. The summed E-state index contributed by atoms with van der Waals surface area (Å²) < 4.78 is 11.6. The molecule has 0 radical (unpaired) electrons. The average molecular weight is 360 g/mol. The van der Waals surface area contributed by atoms with Gasteiger partial charge in [0.05, 0.1) is 12.7 Å². The first-order valence-corrected chi connectivity index (χ1v) is 8.86. The molecular weight excluding hydrogens is 338 g/mol. The zero-order valence-electron chi connectivity index (χ0n) is 14.2. The lowest BCUT2D eigenvalue weighted by molar-refractivity contribution is -0.145. The van der Waals surface area contributed by atoms with Gasteiger partial charge in [0, 0.05) is 24.5 Å². The van der Waals surface area contributed by atoms with E-state index in [1.807, 2.05) is 23.1 Å². The molecule has 0 bridgehead atoms. The van der Waals surface area contributed by atoms with Gasteiger partial charge < -0.3 is 14.4 Å². The third-order valence-electron chi connectivity index (χ3n) is 4.21. The highest BCUT2D eigenvalue weighted by molar-refractivity contribution is 6.30. The van der Waals surface area contributed by atoms with Gasteiger partial charge in [-0.25, -0.2) is 0 Å². The molecule has 3 rings (SSSR count). The average Bonchev–Trinajstić information content (AvgIpc) is 2.62. The summed E-state index contributed by atoms with van der Waals surface area (Å²) in [5.74, 6) is 0.573. The molecule has 1 amide bonds. The Kier molecular flexibility index (Phi) is 5.95. The van der Waals surface area contributed by atoms with Crippen LogP contribution in [0.25, 0.3) is 0 Å². The number of hydrogen-bond acceptors (Lipinski definition) is 3. The monoisotopic (exact) mass is 359 g/mol. The van der Waals surface area contributed by atoms with E-state index in [4.69, 9.17) is 21.1 Å². The van der Waals surface area contributed by atoms with Crippen LogP contribution in [0.15, 0.2) is 54.6 Å². The third kappa shape index (κ3) is 4.97. The number of ether oxygens (including phenoxy) is 2. The lowest BCUT2D eigenvalue weighted by Crippen LogP contribution is -2.50. The zero-order valence-corrected chi connectivity index (χ0v) is 15.0. The topological polar surface area (TPSA) is 38.8 Å². The highest BCUT2D eigenvalue weighted by Crippen LogP contribution is 2.19. The molecule has 1 aliphatic rings. The van der Waals surface area contributed by atoms with Crippen molar-refractivity contribution in [3.8, 4) is 5.75 Å². The van der Waals surface area contributed by atoms with Crippen molar-refractivity contribution in [3.05, 3.63) is 65.2 Å². The van der Waals surface area contributed by atoms with Crippen LogP contribution in [0.3, 0.4) is 0 Å². The van der Waals surface area contributed by atoms with E-state index in [-0.39, 0.29) is 12.0 Å². The van der Waals surface area contributed by atoms with Crippen molar-refractivity contribution in [1.29, 1.82) is 0 Å². The maximum atomic E-state index is 12.7. The molecule has 5 heteroatoms. The number of amides is 1. The number of hydrogen-bond donors (Lipinski definition) is 0. The van der Waals surface area contributed by atoms with E-state index in [2.05, 4.69) is 12.1 Å². The predicted molar refractivity (Wildman–Crippen MR) is 98.0 cm³/mol. The van der Waals surface area contributed by atoms with Crippen molar-refractivity contribution in [1.82, 2.24) is 4.90 Å². The minimum absolute atomic E-state index is 0.0125. The maximum Gasteiger partial charge on any atom is 0.263 e. The number of halogens is 1. The first-order chi connectivity index (χ1) is 12.1. The van der Waals surface area contributed by atoms with Crippen LogP contribution in [0.4, 0.5) is 0 Å². The van der Waals surface area contributed by atoms with Gasteiger partial charge in [-0.1, -0.05) is 48.0 Å². The summed E-state index contributed by atoms with van der Waals surface area (Å²) >= 11 is 5.96. The lowest BCUT2D eigenvalue weighted by atomic mass is 10.1. The fourth-order valence-corrected chi connectivity index (χ4v) is 3.15. The van der Waals surface area contributed by atoms with E-state index in [1.165, 1.54) is 5.56 Å². The van der Waals surface area contributed by atoms with Gasteiger partial charge in [0.1, 0.15) is 5.75 Å². The van der Waals surface area contributed by atoms with Crippen molar-refractivity contribution in [2.24, 2.45) is 0 Å². The normalized spacial score (nSPS) is 18.6. The molecule has 25 heavy (non-hydrogen) atoms.